The standard InChI is InChI=1S/C6H6O.CH2O.Na/c7-6-4-2-1-3-5-6;1-2;/h1-5,7H;1H2;/q;;+1. The summed E-state index contributed by atoms with van der Waals surface area (Å²) in [6.45, 7) is 2.00. The van der Waals surface area contributed by atoms with Gasteiger partial charge in [-0.3, -0.25) is 0 Å². The molecule has 0 aliphatic carbocycles. The molecule has 0 aliphatic rings. The first-order chi connectivity index (χ1) is 4.39. The van der Waals surface area contributed by atoms with Crippen LogP contribution in [0.2, 0.25) is 0 Å². The molecular formula is C7H8NaO2+. The smallest absolute Gasteiger partial charge is 0.508 e. The number of phenolic OH excluding ortho intramolecular Hbond substituents is 1. The molecule has 1 aromatic rings. The molecule has 0 bridgehead atoms. The number of rotatable bonds is 0. The Morgan fingerprint density at radius 3 is 1.70 bits per heavy atom. The van der Waals surface area contributed by atoms with Gasteiger partial charge >= 0.3 is 29.6 Å². The quantitative estimate of drug-likeness (QED) is 0.440. The van der Waals surface area contributed by atoms with E-state index < -0.39 is 0 Å². The van der Waals surface area contributed by atoms with Gasteiger partial charge < -0.3 is 9.90 Å². The normalized spacial score (nSPS) is 6.40. The molecular weight excluding hydrogens is 139 g/mol. The maximum Gasteiger partial charge on any atom is 1.00 e. The fourth-order valence-corrected chi connectivity index (χ4v) is 0.428. The molecule has 0 amide bonds. The van der Waals surface area contributed by atoms with Crippen LogP contribution in [-0.4, -0.2) is 11.9 Å². The average molecular weight is 147 g/mol. The van der Waals surface area contributed by atoms with Crippen LogP contribution in [0.4, 0.5) is 0 Å². The van der Waals surface area contributed by atoms with Gasteiger partial charge in [0.15, 0.2) is 0 Å². The minimum Gasteiger partial charge on any atom is -0.508 e. The van der Waals surface area contributed by atoms with Gasteiger partial charge in [0.05, 0.1) is 0 Å². The Balaban J connectivity index is 0. The van der Waals surface area contributed by atoms with Crippen molar-refractivity contribution in [1.82, 2.24) is 0 Å². The van der Waals surface area contributed by atoms with Crippen molar-refractivity contribution >= 4 is 6.79 Å². The number of benzene rings is 1. The van der Waals surface area contributed by atoms with Crippen LogP contribution in [0.3, 0.4) is 0 Å². The zero-order valence-electron chi connectivity index (χ0n) is 5.95. The van der Waals surface area contributed by atoms with E-state index in [1.54, 1.807) is 24.3 Å². The Labute approximate surface area is 82.2 Å². The second kappa shape index (κ2) is 8.69. The predicted octanol–water partition coefficient (Wildman–Crippen LogP) is -1.79. The largest absolute Gasteiger partial charge is 1.00 e. The van der Waals surface area contributed by atoms with Gasteiger partial charge in [0.25, 0.3) is 0 Å². The number of hydrogen-bond acceptors (Lipinski definition) is 2. The van der Waals surface area contributed by atoms with Crippen LogP contribution in [0.1, 0.15) is 0 Å². The van der Waals surface area contributed by atoms with Gasteiger partial charge in [-0.1, -0.05) is 18.2 Å². The van der Waals surface area contributed by atoms with Crippen molar-refractivity contribution in [1.29, 1.82) is 0 Å². The van der Waals surface area contributed by atoms with Crippen molar-refractivity contribution in [2.24, 2.45) is 0 Å². The van der Waals surface area contributed by atoms with Crippen LogP contribution in [-0.2, 0) is 4.79 Å². The van der Waals surface area contributed by atoms with Gasteiger partial charge in [-0.05, 0) is 12.1 Å². The molecule has 10 heavy (non-hydrogen) atoms. The predicted molar refractivity (Wildman–Crippen MR) is 35.2 cm³/mol. The van der Waals surface area contributed by atoms with Crippen LogP contribution in [0.5, 0.6) is 5.75 Å². The third-order valence-electron chi connectivity index (χ3n) is 0.756. The molecule has 0 heterocycles. The SMILES string of the molecule is C=O.Oc1ccccc1.[Na+]. The van der Waals surface area contributed by atoms with E-state index in [-0.39, 0.29) is 29.6 Å². The maximum absolute atomic E-state index is 8.63. The van der Waals surface area contributed by atoms with Crippen LogP contribution in [0, 0.1) is 0 Å². The molecule has 0 saturated heterocycles. The molecule has 0 aliphatic heterocycles. The van der Waals surface area contributed by atoms with Gasteiger partial charge in [0.1, 0.15) is 12.5 Å². The first-order valence-corrected chi connectivity index (χ1v) is 2.42. The molecule has 2 nitrogen and oxygen atoms in total. The molecule has 1 N–H and O–H groups in total. The van der Waals surface area contributed by atoms with Crippen molar-refractivity contribution in [3.8, 4) is 5.75 Å². The molecule has 0 radical (unpaired) electrons. The van der Waals surface area contributed by atoms with Crippen molar-refractivity contribution in [2.45, 2.75) is 0 Å². The minimum atomic E-state index is 0. The monoisotopic (exact) mass is 147 g/mol. The van der Waals surface area contributed by atoms with Gasteiger partial charge in [0.2, 0.25) is 0 Å². The first kappa shape index (κ1) is 12.4. The molecule has 48 valence electrons. The van der Waals surface area contributed by atoms with E-state index in [0.29, 0.717) is 5.75 Å². The van der Waals surface area contributed by atoms with Crippen LogP contribution in [0.25, 0.3) is 0 Å². The molecule has 0 saturated carbocycles. The summed E-state index contributed by atoms with van der Waals surface area (Å²) in [6, 6.07) is 8.71. The van der Waals surface area contributed by atoms with Gasteiger partial charge in [-0.15, -0.1) is 0 Å². The van der Waals surface area contributed by atoms with Crippen molar-refractivity contribution in [2.75, 3.05) is 0 Å². The maximum atomic E-state index is 8.63. The fraction of sp³-hybridized carbons (Fsp3) is 0. The number of aromatic hydroxyl groups is 1. The summed E-state index contributed by atoms with van der Waals surface area (Å²) in [5, 5.41) is 8.63. The second-order valence-corrected chi connectivity index (χ2v) is 1.34. The van der Waals surface area contributed by atoms with E-state index in [9.17, 15) is 0 Å². The number of hydrogen-bond donors (Lipinski definition) is 1. The zero-order chi connectivity index (χ0) is 7.11. The van der Waals surface area contributed by atoms with Gasteiger partial charge in [-0.25, -0.2) is 0 Å². The summed E-state index contributed by atoms with van der Waals surface area (Å²) in [7, 11) is 0. The van der Waals surface area contributed by atoms with E-state index in [2.05, 4.69) is 0 Å². The van der Waals surface area contributed by atoms with Crippen molar-refractivity contribution in [3.63, 3.8) is 0 Å². The molecule has 0 atom stereocenters. The van der Waals surface area contributed by atoms with Gasteiger partial charge in [0, 0.05) is 0 Å². The Hall–Kier alpha value is -0.310. The van der Waals surface area contributed by atoms with E-state index >= 15 is 0 Å². The molecule has 0 unspecified atom stereocenters. The van der Waals surface area contributed by atoms with Gasteiger partial charge in [-0.2, -0.15) is 0 Å². The summed E-state index contributed by atoms with van der Waals surface area (Å²) >= 11 is 0. The van der Waals surface area contributed by atoms with E-state index in [1.165, 1.54) is 0 Å². The Morgan fingerprint density at radius 2 is 1.50 bits per heavy atom. The number of phenols is 1. The summed E-state index contributed by atoms with van der Waals surface area (Å²) in [6.07, 6.45) is 0. The first-order valence-electron chi connectivity index (χ1n) is 2.42. The number of carbonyl (C=O) groups excluding carboxylic acids is 1. The second-order valence-electron chi connectivity index (χ2n) is 1.34. The third-order valence-corrected chi connectivity index (χ3v) is 0.756. The summed E-state index contributed by atoms with van der Waals surface area (Å²) in [4.78, 5) is 8.00. The number of carbonyl (C=O) groups is 1. The molecule has 1 aromatic carbocycles. The Morgan fingerprint density at radius 1 is 1.10 bits per heavy atom. The van der Waals surface area contributed by atoms with E-state index in [0.717, 1.165) is 0 Å². The van der Waals surface area contributed by atoms with E-state index in [4.69, 9.17) is 9.90 Å². The number of para-hydroxylation sites is 1. The Kier molecular flexibility index (Phi) is 10.8. The molecule has 0 fully saturated rings. The molecule has 1 rings (SSSR count). The average Bonchev–Trinajstić information content (AvgIpc) is 1.94. The topological polar surface area (TPSA) is 37.3 Å². The Bertz CT molecular complexity index is 153. The molecule has 3 heteroatoms. The summed E-state index contributed by atoms with van der Waals surface area (Å²) in [5.41, 5.74) is 0. The molecule has 0 aromatic heterocycles. The van der Waals surface area contributed by atoms with Crippen LogP contribution < -0.4 is 29.6 Å². The third kappa shape index (κ3) is 5.82. The van der Waals surface area contributed by atoms with Crippen molar-refractivity contribution in [3.05, 3.63) is 30.3 Å². The molecule has 0 spiro atoms. The van der Waals surface area contributed by atoms with Crippen LogP contribution >= 0.6 is 0 Å². The van der Waals surface area contributed by atoms with E-state index in [1.807, 2.05) is 12.9 Å². The zero-order valence-corrected chi connectivity index (χ0v) is 7.95. The fourth-order valence-electron chi connectivity index (χ4n) is 0.428. The minimum absolute atomic E-state index is 0. The van der Waals surface area contributed by atoms with Crippen molar-refractivity contribution < 1.29 is 39.5 Å². The van der Waals surface area contributed by atoms with Crippen LogP contribution in [0.15, 0.2) is 30.3 Å². The summed E-state index contributed by atoms with van der Waals surface area (Å²) in [5.74, 6) is 0.322. The summed E-state index contributed by atoms with van der Waals surface area (Å²) < 4.78 is 0.